The number of nitrogens with zero attached hydrogens (tertiary/aromatic N) is 2. The second-order valence-corrected chi connectivity index (χ2v) is 5.87. The van der Waals surface area contributed by atoms with E-state index in [9.17, 15) is 15.3 Å². The van der Waals surface area contributed by atoms with Gasteiger partial charge in [-0.3, -0.25) is 9.80 Å². The summed E-state index contributed by atoms with van der Waals surface area (Å²) in [5.74, 6) is 0. The van der Waals surface area contributed by atoms with Crippen LogP contribution in [0.15, 0.2) is 0 Å². The fourth-order valence-electron chi connectivity index (χ4n) is 3.55. The molecule has 0 saturated carbocycles. The summed E-state index contributed by atoms with van der Waals surface area (Å²) < 4.78 is 0. The van der Waals surface area contributed by atoms with Crippen molar-refractivity contribution in [1.29, 1.82) is 0 Å². The molecule has 2 aliphatic rings. The fourth-order valence-corrected chi connectivity index (χ4v) is 3.55. The number of aliphatic hydroxyl groups excluding tert-OH is 3. The van der Waals surface area contributed by atoms with Gasteiger partial charge >= 0.3 is 0 Å². The van der Waals surface area contributed by atoms with E-state index >= 15 is 0 Å². The molecule has 2 saturated heterocycles. The van der Waals surface area contributed by atoms with Crippen molar-refractivity contribution >= 4 is 0 Å². The summed E-state index contributed by atoms with van der Waals surface area (Å²) >= 11 is 0. The minimum Gasteiger partial charge on any atom is -0.391 e. The van der Waals surface area contributed by atoms with Gasteiger partial charge in [0.25, 0.3) is 0 Å². The van der Waals surface area contributed by atoms with E-state index in [2.05, 4.69) is 23.6 Å². The SMILES string of the molecule is CCCCN(CC)[C@H]1CN2CC[C@H](O)[C@@H]2[C@@H](O)[C@@H]1O. The summed E-state index contributed by atoms with van der Waals surface area (Å²) in [6.07, 6.45) is 0.836. The molecule has 0 amide bonds. The Kier molecular flexibility index (Phi) is 5.20. The molecule has 0 aliphatic carbocycles. The van der Waals surface area contributed by atoms with Crippen molar-refractivity contribution in [3.8, 4) is 0 Å². The van der Waals surface area contributed by atoms with Gasteiger partial charge < -0.3 is 15.3 Å². The zero-order valence-electron chi connectivity index (χ0n) is 12.1. The average molecular weight is 272 g/mol. The first-order valence-electron chi connectivity index (χ1n) is 7.62. The first-order valence-corrected chi connectivity index (χ1v) is 7.62. The summed E-state index contributed by atoms with van der Waals surface area (Å²) in [4.78, 5) is 4.40. The lowest BCUT2D eigenvalue weighted by atomic mass is 9.90. The van der Waals surface area contributed by atoms with Crippen LogP contribution in [0.2, 0.25) is 0 Å². The van der Waals surface area contributed by atoms with Crippen molar-refractivity contribution < 1.29 is 15.3 Å². The van der Waals surface area contributed by atoms with E-state index in [1.807, 2.05) is 0 Å². The first kappa shape index (κ1) is 15.2. The molecule has 3 N–H and O–H groups in total. The molecular weight excluding hydrogens is 244 g/mol. The number of hydrogen-bond acceptors (Lipinski definition) is 5. The number of hydrogen-bond donors (Lipinski definition) is 3. The van der Waals surface area contributed by atoms with Gasteiger partial charge in [0.2, 0.25) is 0 Å². The van der Waals surface area contributed by atoms with Crippen molar-refractivity contribution in [3.63, 3.8) is 0 Å². The van der Waals surface area contributed by atoms with Gasteiger partial charge in [0.15, 0.2) is 0 Å². The summed E-state index contributed by atoms with van der Waals surface area (Å²) in [6, 6.07) is -0.302. The van der Waals surface area contributed by atoms with E-state index in [4.69, 9.17) is 0 Å². The number of rotatable bonds is 5. The lowest BCUT2D eigenvalue weighted by Gasteiger charge is -2.46. The van der Waals surface area contributed by atoms with Gasteiger partial charge in [0.1, 0.15) is 0 Å². The predicted octanol–water partition coefficient (Wildman–Crippen LogP) is -0.352. The van der Waals surface area contributed by atoms with E-state index in [1.54, 1.807) is 0 Å². The first-order chi connectivity index (χ1) is 9.10. The molecule has 0 unspecified atom stereocenters. The number of unbranched alkanes of at least 4 members (excludes halogenated alkanes) is 1. The lowest BCUT2D eigenvalue weighted by molar-refractivity contribution is -0.124. The van der Waals surface area contributed by atoms with Gasteiger partial charge in [-0.15, -0.1) is 0 Å². The highest BCUT2D eigenvalue weighted by atomic mass is 16.3. The standard InChI is InChI=1S/C14H28N2O3/c1-3-5-7-15(4-2)10-9-16-8-6-11(17)12(16)14(19)13(10)18/h10-14,17-19H,3-9H2,1-2H3/t10-,11-,12+,13+,14+/m0/s1. The van der Waals surface area contributed by atoms with Crippen molar-refractivity contribution in [2.24, 2.45) is 0 Å². The third-order valence-electron chi connectivity index (χ3n) is 4.72. The Bertz CT molecular complexity index is 290. The fraction of sp³-hybridized carbons (Fsp3) is 1.00. The molecule has 0 bridgehead atoms. The minimum atomic E-state index is -0.841. The summed E-state index contributed by atoms with van der Waals surface area (Å²) in [5.41, 5.74) is 0. The second kappa shape index (κ2) is 6.50. The average Bonchev–Trinajstić information content (AvgIpc) is 2.77. The van der Waals surface area contributed by atoms with Crippen LogP contribution in [0.25, 0.3) is 0 Å². The quantitative estimate of drug-likeness (QED) is 0.638. The Morgan fingerprint density at radius 2 is 1.89 bits per heavy atom. The van der Waals surface area contributed by atoms with Gasteiger partial charge in [0.05, 0.1) is 30.4 Å². The molecule has 0 aromatic rings. The van der Waals surface area contributed by atoms with Crippen LogP contribution >= 0.6 is 0 Å². The normalized spacial score (nSPS) is 39.8. The highest BCUT2D eigenvalue weighted by molar-refractivity contribution is 5.04. The van der Waals surface area contributed by atoms with Crippen LogP contribution in [-0.4, -0.2) is 81.7 Å². The van der Waals surface area contributed by atoms with Gasteiger partial charge in [0, 0.05) is 13.1 Å². The molecule has 2 aliphatic heterocycles. The topological polar surface area (TPSA) is 67.2 Å². The number of fused-ring (bicyclic) bond motifs is 1. The molecule has 2 heterocycles. The molecule has 19 heavy (non-hydrogen) atoms. The highest BCUT2D eigenvalue weighted by Gasteiger charge is 2.49. The van der Waals surface area contributed by atoms with Crippen molar-refractivity contribution in [1.82, 2.24) is 9.80 Å². The Hall–Kier alpha value is -0.200. The number of aliphatic hydroxyl groups is 3. The largest absolute Gasteiger partial charge is 0.391 e. The zero-order valence-corrected chi connectivity index (χ0v) is 12.1. The van der Waals surface area contributed by atoms with Gasteiger partial charge in [-0.2, -0.15) is 0 Å². The van der Waals surface area contributed by atoms with Crippen LogP contribution in [-0.2, 0) is 0 Å². The van der Waals surface area contributed by atoms with Crippen molar-refractivity contribution in [2.75, 3.05) is 26.2 Å². The molecule has 5 nitrogen and oxygen atoms in total. The minimum absolute atomic E-state index is 0.0203. The molecule has 2 rings (SSSR count). The highest BCUT2D eigenvalue weighted by Crippen LogP contribution is 2.30. The molecule has 112 valence electrons. The van der Waals surface area contributed by atoms with E-state index in [1.165, 1.54) is 0 Å². The predicted molar refractivity (Wildman–Crippen MR) is 73.9 cm³/mol. The molecule has 0 radical (unpaired) electrons. The maximum atomic E-state index is 10.4. The summed E-state index contributed by atoms with van der Waals surface area (Å²) in [6.45, 7) is 7.67. The zero-order chi connectivity index (χ0) is 14.0. The van der Waals surface area contributed by atoms with Crippen molar-refractivity contribution in [3.05, 3.63) is 0 Å². The van der Waals surface area contributed by atoms with E-state index < -0.39 is 18.3 Å². The molecule has 0 spiro atoms. The summed E-state index contributed by atoms with van der Waals surface area (Å²) in [5, 5.41) is 30.6. The smallest absolute Gasteiger partial charge is 0.0994 e. The maximum Gasteiger partial charge on any atom is 0.0994 e. The third-order valence-corrected chi connectivity index (χ3v) is 4.72. The Morgan fingerprint density at radius 3 is 2.53 bits per heavy atom. The van der Waals surface area contributed by atoms with Crippen LogP contribution in [0.3, 0.4) is 0 Å². The number of likely N-dealkylation sites (N-methyl/N-ethyl adjacent to an activating group) is 1. The second-order valence-electron chi connectivity index (χ2n) is 5.87. The summed E-state index contributed by atoms with van der Waals surface area (Å²) in [7, 11) is 0. The molecule has 0 aromatic heterocycles. The monoisotopic (exact) mass is 272 g/mol. The Labute approximate surface area is 115 Å². The van der Waals surface area contributed by atoms with Crippen molar-refractivity contribution in [2.45, 2.75) is 63.5 Å². The van der Waals surface area contributed by atoms with Crippen LogP contribution in [0.5, 0.6) is 0 Å². The van der Waals surface area contributed by atoms with E-state index in [0.717, 1.165) is 39.0 Å². The Balaban J connectivity index is 2.05. The van der Waals surface area contributed by atoms with Gasteiger partial charge in [-0.25, -0.2) is 0 Å². The number of piperidine rings is 1. The van der Waals surface area contributed by atoms with Crippen LogP contribution < -0.4 is 0 Å². The van der Waals surface area contributed by atoms with Crippen LogP contribution in [0, 0.1) is 0 Å². The van der Waals surface area contributed by atoms with E-state index in [-0.39, 0.29) is 12.1 Å². The third kappa shape index (κ3) is 2.95. The molecule has 2 fully saturated rings. The van der Waals surface area contributed by atoms with E-state index in [0.29, 0.717) is 6.42 Å². The lowest BCUT2D eigenvalue weighted by Crippen LogP contribution is -2.65. The molecule has 0 aromatic carbocycles. The van der Waals surface area contributed by atoms with Gasteiger partial charge in [-0.05, 0) is 25.9 Å². The molecular formula is C14H28N2O3. The van der Waals surface area contributed by atoms with Gasteiger partial charge in [-0.1, -0.05) is 20.3 Å². The molecule has 5 heteroatoms. The molecule has 5 atom stereocenters. The Morgan fingerprint density at radius 1 is 1.16 bits per heavy atom. The van der Waals surface area contributed by atoms with Crippen LogP contribution in [0.1, 0.15) is 33.1 Å². The van der Waals surface area contributed by atoms with Crippen LogP contribution in [0.4, 0.5) is 0 Å². The maximum absolute atomic E-state index is 10.4.